The minimum absolute atomic E-state index is 0.00926. The predicted molar refractivity (Wildman–Crippen MR) is 193 cm³/mol. The number of anilines is 1. The molecule has 3 heterocycles. The lowest BCUT2D eigenvalue weighted by atomic mass is 9.95. The Bertz CT molecular complexity index is 1520. The largest absolute Gasteiger partial charge is 0.473 e. The van der Waals surface area contributed by atoms with Crippen molar-refractivity contribution in [3.05, 3.63) is 81.2 Å². The summed E-state index contributed by atoms with van der Waals surface area (Å²) in [4.78, 5) is 30.7. The van der Waals surface area contributed by atoms with Crippen LogP contribution in [0.15, 0.2) is 55.0 Å². The Labute approximate surface area is 308 Å². The summed E-state index contributed by atoms with van der Waals surface area (Å²) in [6, 6.07) is 8.92. The maximum atomic E-state index is 12.3. The molecule has 17 heteroatoms. The van der Waals surface area contributed by atoms with E-state index in [0.717, 1.165) is 89.3 Å². The van der Waals surface area contributed by atoms with Crippen molar-refractivity contribution < 1.29 is 43.0 Å². The van der Waals surface area contributed by atoms with E-state index in [2.05, 4.69) is 15.0 Å². The zero-order valence-corrected chi connectivity index (χ0v) is 30.5. The first-order valence-corrected chi connectivity index (χ1v) is 17.7. The van der Waals surface area contributed by atoms with Crippen molar-refractivity contribution in [2.75, 3.05) is 27.1 Å². The standard InChI is InChI=1S/C12H16N2O4.C12H18N2O2.C7H14O2.C5H3FN2O2/c1-17-9-4-6-10(7-5-9)18-12-11(14(15)16)3-2-8-13-12;1-15-9-4-6-10(7-5-9)16-12-11(13)3-2-8-14-12;1-9-7-4-2-6(8)3-5-7;6-5-4(8(9)10)2-1-3-7-5/h2-3,8-10H,4-7H2,1H3;2-3,8-10H,4-7,13H2,1H3;6-8H,2-5H2,1H3;1-3H. The lowest BCUT2D eigenvalue weighted by Crippen LogP contribution is -2.28. The molecule has 0 atom stereocenters. The van der Waals surface area contributed by atoms with Crippen LogP contribution in [0.2, 0.25) is 0 Å². The van der Waals surface area contributed by atoms with Crippen LogP contribution in [0.4, 0.5) is 21.5 Å². The molecule has 3 aliphatic rings. The molecule has 0 bridgehead atoms. The highest BCUT2D eigenvalue weighted by atomic mass is 19.1. The van der Waals surface area contributed by atoms with E-state index >= 15 is 0 Å². The van der Waals surface area contributed by atoms with Gasteiger partial charge in [0.25, 0.3) is 11.8 Å². The number of halogens is 1. The average molecular weight is 747 g/mol. The number of pyridine rings is 3. The smallest absolute Gasteiger partial charge is 0.330 e. The maximum absolute atomic E-state index is 12.3. The Hall–Kier alpha value is -4.58. The summed E-state index contributed by atoms with van der Waals surface area (Å²) in [5.41, 5.74) is 5.71. The molecule has 53 heavy (non-hydrogen) atoms. The van der Waals surface area contributed by atoms with E-state index < -0.39 is 21.5 Å². The SMILES string of the molecule is COC1CCC(O)CC1.COC1CCC(Oc2ncccc2N)CC1.COC1CCC(Oc2ncccc2[N+](=O)[O-])CC1.O=[N+]([O-])c1cccnc1F. The molecule has 3 aromatic rings. The Morgan fingerprint density at radius 1 is 0.623 bits per heavy atom. The molecule has 3 aromatic heterocycles. The fourth-order valence-electron chi connectivity index (χ4n) is 6.00. The number of aromatic nitrogens is 3. The molecular formula is C36H51FN6O10. The van der Waals surface area contributed by atoms with Gasteiger partial charge in [-0.15, -0.1) is 0 Å². The second-order valence-electron chi connectivity index (χ2n) is 12.7. The van der Waals surface area contributed by atoms with E-state index in [1.165, 1.54) is 24.4 Å². The van der Waals surface area contributed by atoms with Crippen LogP contribution in [0.25, 0.3) is 0 Å². The summed E-state index contributed by atoms with van der Waals surface area (Å²) in [6.45, 7) is 0. The highest BCUT2D eigenvalue weighted by molar-refractivity contribution is 5.47. The van der Waals surface area contributed by atoms with Gasteiger partial charge in [-0.1, -0.05) is 0 Å². The summed E-state index contributed by atoms with van der Waals surface area (Å²) in [7, 11) is 5.21. The molecule has 0 aromatic carbocycles. The number of aliphatic hydroxyl groups is 1. The molecule has 0 saturated heterocycles. The number of hydrogen-bond acceptors (Lipinski definition) is 14. The summed E-state index contributed by atoms with van der Waals surface area (Å²) < 4.78 is 39.4. The first-order valence-electron chi connectivity index (χ1n) is 17.7. The second kappa shape index (κ2) is 23.2. The molecule has 16 nitrogen and oxygen atoms in total. The summed E-state index contributed by atoms with van der Waals surface area (Å²) >= 11 is 0. The van der Waals surface area contributed by atoms with Crippen LogP contribution in [0.1, 0.15) is 77.0 Å². The Morgan fingerprint density at radius 2 is 1.00 bits per heavy atom. The van der Waals surface area contributed by atoms with Gasteiger partial charge in [0.05, 0.1) is 39.9 Å². The van der Waals surface area contributed by atoms with Gasteiger partial charge in [0, 0.05) is 52.1 Å². The fraction of sp³-hybridized carbons (Fsp3) is 0.583. The first-order chi connectivity index (χ1) is 25.5. The lowest BCUT2D eigenvalue weighted by Gasteiger charge is -2.27. The predicted octanol–water partition coefficient (Wildman–Crippen LogP) is 6.39. The minimum Gasteiger partial charge on any atom is -0.473 e. The van der Waals surface area contributed by atoms with Crippen LogP contribution >= 0.6 is 0 Å². The second-order valence-corrected chi connectivity index (χ2v) is 12.7. The maximum Gasteiger partial charge on any atom is 0.330 e. The third-order valence-electron chi connectivity index (χ3n) is 9.13. The molecule has 6 rings (SSSR count). The van der Waals surface area contributed by atoms with E-state index in [0.29, 0.717) is 23.8 Å². The average Bonchev–Trinajstić information content (AvgIpc) is 3.18. The highest BCUT2D eigenvalue weighted by Crippen LogP contribution is 2.29. The number of hydrogen-bond donors (Lipinski definition) is 2. The lowest BCUT2D eigenvalue weighted by molar-refractivity contribution is -0.388. The number of nitrogens with zero attached hydrogens (tertiary/aromatic N) is 5. The minimum atomic E-state index is -1.05. The van der Waals surface area contributed by atoms with Crippen molar-refractivity contribution in [1.82, 2.24) is 15.0 Å². The number of ether oxygens (including phenoxy) is 5. The number of nitro groups is 2. The Balaban J connectivity index is 0.000000198. The van der Waals surface area contributed by atoms with Crippen molar-refractivity contribution in [2.45, 2.75) is 114 Å². The van der Waals surface area contributed by atoms with Crippen molar-refractivity contribution in [1.29, 1.82) is 0 Å². The van der Waals surface area contributed by atoms with Crippen LogP contribution in [0, 0.1) is 26.2 Å². The summed E-state index contributed by atoms with van der Waals surface area (Å²) in [6.07, 6.45) is 17.1. The van der Waals surface area contributed by atoms with Gasteiger partial charge in [-0.05, 0) is 101 Å². The Kier molecular flexibility index (Phi) is 18.7. The molecular weight excluding hydrogens is 695 g/mol. The topological polar surface area (TPSA) is 217 Å². The fourth-order valence-corrected chi connectivity index (χ4v) is 6.00. The van der Waals surface area contributed by atoms with E-state index in [1.807, 2.05) is 12.1 Å². The van der Waals surface area contributed by atoms with Crippen LogP contribution < -0.4 is 15.2 Å². The zero-order valence-electron chi connectivity index (χ0n) is 30.5. The molecule has 0 unspecified atom stereocenters. The number of aliphatic hydroxyl groups excluding tert-OH is 1. The van der Waals surface area contributed by atoms with Crippen molar-refractivity contribution in [2.24, 2.45) is 0 Å². The third-order valence-corrected chi connectivity index (χ3v) is 9.13. The van der Waals surface area contributed by atoms with Crippen molar-refractivity contribution in [3.63, 3.8) is 0 Å². The molecule has 3 saturated carbocycles. The number of methoxy groups -OCH3 is 3. The van der Waals surface area contributed by atoms with Gasteiger partial charge in [-0.2, -0.15) is 4.39 Å². The quantitative estimate of drug-likeness (QED) is 0.138. The van der Waals surface area contributed by atoms with Crippen LogP contribution in [-0.2, 0) is 14.2 Å². The van der Waals surface area contributed by atoms with E-state index in [4.69, 9.17) is 34.5 Å². The monoisotopic (exact) mass is 746 g/mol. The molecule has 3 N–H and O–H groups in total. The molecule has 292 valence electrons. The van der Waals surface area contributed by atoms with Gasteiger partial charge < -0.3 is 34.5 Å². The third kappa shape index (κ3) is 15.1. The van der Waals surface area contributed by atoms with Gasteiger partial charge in [-0.25, -0.2) is 15.0 Å². The molecule has 0 aliphatic heterocycles. The van der Waals surface area contributed by atoms with E-state index in [-0.39, 0.29) is 36.0 Å². The van der Waals surface area contributed by atoms with E-state index in [9.17, 15) is 24.6 Å². The number of nitrogens with two attached hydrogens (primary N) is 1. The van der Waals surface area contributed by atoms with Gasteiger partial charge in [-0.3, -0.25) is 20.2 Å². The summed E-state index contributed by atoms with van der Waals surface area (Å²) in [5.74, 6) is -0.376. The molecule has 0 radical (unpaired) electrons. The van der Waals surface area contributed by atoms with Crippen molar-refractivity contribution >= 4 is 17.1 Å². The van der Waals surface area contributed by atoms with Gasteiger partial charge in [0.15, 0.2) is 0 Å². The molecule has 3 aliphatic carbocycles. The summed E-state index contributed by atoms with van der Waals surface area (Å²) in [5, 5.41) is 29.8. The van der Waals surface area contributed by atoms with Crippen LogP contribution in [0.3, 0.4) is 0 Å². The molecule has 3 fully saturated rings. The van der Waals surface area contributed by atoms with Gasteiger partial charge in [0.2, 0.25) is 5.88 Å². The van der Waals surface area contributed by atoms with Gasteiger partial charge in [0.1, 0.15) is 12.2 Å². The van der Waals surface area contributed by atoms with Crippen LogP contribution in [-0.4, -0.2) is 87.9 Å². The number of rotatable bonds is 9. The normalized spacial score (nSPS) is 23.6. The Morgan fingerprint density at radius 3 is 1.42 bits per heavy atom. The molecule has 0 spiro atoms. The van der Waals surface area contributed by atoms with Crippen LogP contribution in [0.5, 0.6) is 11.8 Å². The first kappa shape index (κ1) is 42.8. The zero-order chi connectivity index (χ0) is 38.6. The van der Waals surface area contributed by atoms with E-state index in [1.54, 1.807) is 27.5 Å². The van der Waals surface area contributed by atoms with Gasteiger partial charge >= 0.3 is 11.4 Å². The molecule has 0 amide bonds. The van der Waals surface area contributed by atoms with Crippen molar-refractivity contribution in [3.8, 4) is 11.8 Å². The number of nitrogen functional groups attached to an aromatic ring is 1. The highest BCUT2D eigenvalue weighted by Gasteiger charge is 2.26.